The zero-order valence-electron chi connectivity index (χ0n) is 15.5. The number of carbonyl (C=O) groups excluding carboxylic acids is 1. The summed E-state index contributed by atoms with van der Waals surface area (Å²) in [6, 6.07) is 0. The van der Waals surface area contributed by atoms with Gasteiger partial charge >= 0.3 is 0 Å². The second-order valence-electron chi connectivity index (χ2n) is 7.16. The van der Waals surface area contributed by atoms with E-state index in [2.05, 4.69) is 0 Å². The second kappa shape index (κ2) is 7.09. The predicted octanol–water partition coefficient (Wildman–Crippen LogP) is 0.838. The fourth-order valence-electron chi connectivity index (χ4n) is 3.73. The topological polar surface area (TPSA) is 69.7 Å². The highest BCUT2D eigenvalue weighted by atomic mass is 16.3. The molecule has 0 radical (unpaired) electrons. The third-order valence-electron chi connectivity index (χ3n) is 5.43. The first-order valence-electron chi connectivity index (χ1n) is 8.75. The van der Waals surface area contributed by atoms with Crippen LogP contribution in [-0.4, -0.2) is 41.9 Å². The van der Waals surface area contributed by atoms with E-state index in [4.69, 9.17) is 0 Å². The molecule has 0 amide bonds. The minimum atomic E-state index is -1.51. The zero-order valence-corrected chi connectivity index (χ0v) is 15.5. The minimum absolute atomic E-state index is 0.485. The van der Waals surface area contributed by atoms with E-state index in [1.807, 2.05) is 73.0 Å². The Morgan fingerprint density at radius 1 is 0.846 bits per heavy atom. The van der Waals surface area contributed by atoms with Gasteiger partial charge in [0.2, 0.25) is 0 Å². The lowest BCUT2D eigenvalue weighted by Gasteiger charge is -2.35. The Morgan fingerprint density at radius 2 is 1.27 bits per heavy atom. The number of rotatable bonds is 2. The molecule has 1 fully saturated rings. The van der Waals surface area contributed by atoms with Crippen molar-refractivity contribution in [1.82, 2.24) is 9.80 Å². The molecule has 1 saturated carbocycles. The molecule has 0 bridgehead atoms. The lowest BCUT2D eigenvalue weighted by atomic mass is 9.86. The minimum Gasteiger partial charge on any atom is -0.851 e. The molecule has 138 valence electrons. The van der Waals surface area contributed by atoms with Crippen LogP contribution in [0.25, 0.3) is 0 Å². The molecule has 0 aromatic rings. The van der Waals surface area contributed by atoms with E-state index in [9.17, 15) is 15.0 Å². The van der Waals surface area contributed by atoms with Gasteiger partial charge in [0.05, 0.1) is 0 Å². The molecule has 4 unspecified atom stereocenters. The van der Waals surface area contributed by atoms with Crippen LogP contribution in [0.3, 0.4) is 0 Å². The number of ketones is 1. The Morgan fingerprint density at radius 3 is 1.73 bits per heavy atom. The molecular formula is C21H24N2O3-2. The third-order valence-corrected chi connectivity index (χ3v) is 5.43. The molecular weight excluding hydrogens is 328 g/mol. The number of allylic oxidation sites excluding steroid dienone is 6. The maximum atomic E-state index is 13.1. The molecule has 5 nitrogen and oxygen atoms in total. The van der Waals surface area contributed by atoms with Crippen LogP contribution < -0.4 is 10.2 Å². The van der Waals surface area contributed by atoms with Crippen molar-refractivity contribution < 1.29 is 15.0 Å². The van der Waals surface area contributed by atoms with Crippen LogP contribution in [-0.2, 0) is 4.79 Å². The molecule has 3 rings (SSSR count). The average Bonchev–Trinajstić information content (AvgIpc) is 2.84. The molecule has 3 aliphatic rings. The summed E-state index contributed by atoms with van der Waals surface area (Å²) in [6.07, 6.45) is 12.2. The van der Waals surface area contributed by atoms with Gasteiger partial charge in [0.15, 0.2) is 0 Å². The fraction of sp³-hybridized carbons (Fsp3) is 0.381. The van der Waals surface area contributed by atoms with E-state index in [-0.39, 0.29) is 0 Å². The molecule has 0 aromatic heterocycles. The summed E-state index contributed by atoms with van der Waals surface area (Å²) in [6.45, 7) is 3.58. The zero-order chi connectivity index (χ0) is 19.0. The van der Waals surface area contributed by atoms with Crippen LogP contribution in [0.2, 0.25) is 0 Å². The lowest BCUT2D eigenvalue weighted by Crippen LogP contribution is -2.42. The summed E-state index contributed by atoms with van der Waals surface area (Å²) in [5, 5.41) is 25.8. The molecule has 26 heavy (non-hydrogen) atoms. The van der Waals surface area contributed by atoms with Gasteiger partial charge in [-0.3, -0.25) is 0 Å². The van der Waals surface area contributed by atoms with Gasteiger partial charge in [-0.2, -0.15) is 0 Å². The van der Waals surface area contributed by atoms with Gasteiger partial charge in [0, 0.05) is 44.8 Å². The van der Waals surface area contributed by atoms with Crippen molar-refractivity contribution in [3.8, 4) is 0 Å². The van der Waals surface area contributed by atoms with Crippen molar-refractivity contribution >= 4 is 5.78 Å². The molecule has 2 aliphatic heterocycles. The van der Waals surface area contributed by atoms with Crippen LogP contribution in [0.5, 0.6) is 0 Å². The Balaban J connectivity index is 1.94. The number of nitrogens with zero attached hydrogens (tertiary/aromatic N) is 2. The largest absolute Gasteiger partial charge is 0.851 e. The molecule has 4 atom stereocenters. The van der Waals surface area contributed by atoms with Crippen LogP contribution in [0.15, 0.2) is 71.4 Å². The first kappa shape index (κ1) is 18.4. The Kier molecular flexibility index (Phi) is 5.03. The molecule has 0 spiro atoms. The van der Waals surface area contributed by atoms with Gasteiger partial charge in [-0.05, 0) is 55.2 Å². The van der Waals surface area contributed by atoms with E-state index >= 15 is 0 Å². The van der Waals surface area contributed by atoms with Crippen molar-refractivity contribution in [3.63, 3.8) is 0 Å². The normalized spacial score (nSPS) is 30.6. The van der Waals surface area contributed by atoms with Crippen molar-refractivity contribution in [1.29, 1.82) is 0 Å². The maximum Gasteiger partial charge on any atom is 0.126 e. The average molecular weight is 352 g/mol. The van der Waals surface area contributed by atoms with Crippen LogP contribution in [0, 0.1) is 11.8 Å². The molecule has 5 heteroatoms. The lowest BCUT2D eigenvalue weighted by molar-refractivity contribution is -0.459. The van der Waals surface area contributed by atoms with E-state index < -0.39 is 29.8 Å². The molecule has 2 heterocycles. The van der Waals surface area contributed by atoms with Gasteiger partial charge in [-0.1, -0.05) is 17.3 Å². The highest BCUT2D eigenvalue weighted by Gasteiger charge is 2.40. The third kappa shape index (κ3) is 3.20. The number of hydrogen-bond acceptors (Lipinski definition) is 5. The van der Waals surface area contributed by atoms with Crippen molar-refractivity contribution in [2.75, 3.05) is 14.1 Å². The summed E-state index contributed by atoms with van der Waals surface area (Å²) in [4.78, 5) is 16.4. The second-order valence-corrected chi connectivity index (χ2v) is 7.16. The van der Waals surface area contributed by atoms with Crippen molar-refractivity contribution in [3.05, 3.63) is 71.4 Å². The highest BCUT2D eigenvalue weighted by molar-refractivity contribution is 5.91. The van der Waals surface area contributed by atoms with Crippen LogP contribution in [0.4, 0.5) is 0 Å². The van der Waals surface area contributed by atoms with Crippen LogP contribution in [0.1, 0.15) is 13.8 Å². The van der Waals surface area contributed by atoms with Crippen molar-refractivity contribution in [2.45, 2.75) is 26.1 Å². The van der Waals surface area contributed by atoms with Gasteiger partial charge in [-0.15, -0.1) is 6.10 Å². The fourth-order valence-corrected chi connectivity index (χ4v) is 3.73. The Labute approximate surface area is 154 Å². The maximum absolute atomic E-state index is 13.1. The first-order valence-corrected chi connectivity index (χ1v) is 8.75. The molecule has 0 aromatic carbocycles. The SMILES string of the molecule is CC(=C1C=CN(C)C=C1)C1C(=O)C([O-])C(C(C)=C2C=CN(C)C=C2)C1[O-]. The highest BCUT2D eigenvalue weighted by Crippen LogP contribution is 2.38. The Hall–Kier alpha value is -2.37. The van der Waals surface area contributed by atoms with Gasteiger partial charge in [-0.25, -0.2) is 0 Å². The molecule has 0 N–H and O–H groups in total. The summed E-state index contributed by atoms with van der Waals surface area (Å²) in [5.41, 5.74) is 3.06. The van der Waals surface area contributed by atoms with E-state index in [1.54, 1.807) is 13.8 Å². The van der Waals surface area contributed by atoms with E-state index in [0.717, 1.165) is 11.1 Å². The quantitative estimate of drug-likeness (QED) is 0.737. The number of Topliss-reactive ketones (excluding diaryl/α,β-unsaturated/α-hetero) is 1. The predicted molar refractivity (Wildman–Crippen MR) is 97.0 cm³/mol. The summed E-state index contributed by atoms with van der Waals surface area (Å²) >= 11 is 0. The van der Waals surface area contributed by atoms with Crippen LogP contribution >= 0.6 is 0 Å². The van der Waals surface area contributed by atoms with Crippen molar-refractivity contribution in [2.24, 2.45) is 11.8 Å². The molecule has 0 saturated heterocycles. The summed E-state index contributed by atoms with van der Waals surface area (Å²) in [5.74, 6) is -2.18. The number of carbonyl (C=O) groups is 1. The summed E-state index contributed by atoms with van der Waals surface area (Å²) in [7, 11) is 3.80. The Bertz CT molecular complexity index is 753. The molecule has 1 aliphatic carbocycles. The van der Waals surface area contributed by atoms with Gasteiger partial charge < -0.3 is 24.8 Å². The van der Waals surface area contributed by atoms with E-state index in [0.29, 0.717) is 11.1 Å². The standard InChI is InChI=1S/C21H24N2O3/c1-13(15-5-9-22(3)10-6-15)17-19(24)18(21(26)20(17)25)14(2)16-7-11-23(4)12-8-16/h5-12,17-20H,1-4H3/q-2. The number of hydrogen-bond donors (Lipinski definition) is 0. The van der Waals surface area contributed by atoms with E-state index in [1.165, 1.54) is 0 Å². The van der Waals surface area contributed by atoms with Gasteiger partial charge in [0.25, 0.3) is 0 Å². The monoisotopic (exact) mass is 352 g/mol. The van der Waals surface area contributed by atoms with Gasteiger partial charge in [0.1, 0.15) is 5.78 Å². The summed E-state index contributed by atoms with van der Waals surface area (Å²) < 4.78 is 0. The first-order chi connectivity index (χ1) is 12.3. The smallest absolute Gasteiger partial charge is 0.126 e.